The third kappa shape index (κ3) is 4.36. The molecule has 188 valence electrons. The topological polar surface area (TPSA) is 109 Å². The van der Waals surface area contributed by atoms with Crippen molar-refractivity contribution in [2.24, 2.45) is 0 Å². The van der Waals surface area contributed by atoms with Crippen molar-refractivity contribution in [2.75, 3.05) is 18.6 Å². The number of rotatable bonds is 6. The van der Waals surface area contributed by atoms with Gasteiger partial charge in [-0.3, -0.25) is 14.5 Å². The van der Waals surface area contributed by atoms with Crippen LogP contribution >= 0.6 is 22.9 Å². The number of aliphatic hydroxyl groups excluding tert-OH is 1. The van der Waals surface area contributed by atoms with Crippen molar-refractivity contribution in [3.05, 3.63) is 82.4 Å². The molecule has 8 nitrogen and oxygen atoms in total. The number of ether oxygens (including phenoxy) is 2. The van der Waals surface area contributed by atoms with Crippen LogP contribution in [-0.4, -0.2) is 40.6 Å². The maximum absolute atomic E-state index is 13.4. The Morgan fingerprint density at radius 1 is 1.11 bits per heavy atom. The summed E-state index contributed by atoms with van der Waals surface area (Å²) in [6.45, 7) is 2.07. The van der Waals surface area contributed by atoms with Gasteiger partial charge in [-0.15, -0.1) is 0 Å². The van der Waals surface area contributed by atoms with Crippen LogP contribution in [0, 0.1) is 0 Å². The third-order valence-electron chi connectivity index (χ3n) is 5.95. The molecule has 2 heterocycles. The molecule has 10 heteroatoms. The molecule has 37 heavy (non-hydrogen) atoms. The first-order valence-electron chi connectivity index (χ1n) is 11.3. The van der Waals surface area contributed by atoms with Crippen molar-refractivity contribution in [2.45, 2.75) is 13.0 Å². The van der Waals surface area contributed by atoms with E-state index in [9.17, 15) is 19.8 Å². The molecule has 1 unspecified atom stereocenters. The van der Waals surface area contributed by atoms with Gasteiger partial charge in [0.15, 0.2) is 16.6 Å². The number of Topliss-reactive ketones (excluding diaryl/α,β-unsaturated/α-hetero) is 1. The lowest BCUT2D eigenvalue weighted by atomic mass is 9.95. The number of aromatic hydroxyl groups is 1. The smallest absolute Gasteiger partial charge is 0.301 e. The van der Waals surface area contributed by atoms with Crippen LogP contribution in [0.2, 0.25) is 5.02 Å². The zero-order valence-corrected chi connectivity index (χ0v) is 21.3. The van der Waals surface area contributed by atoms with E-state index >= 15 is 0 Å². The fraction of sp³-hybridized carbons (Fsp3) is 0.148. The summed E-state index contributed by atoms with van der Waals surface area (Å²) in [5.74, 6) is -1.37. The summed E-state index contributed by atoms with van der Waals surface area (Å²) >= 11 is 7.34. The van der Waals surface area contributed by atoms with Crippen molar-refractivity contribution in [1.82, 2.24) is 4.98 Å². The second kappa shape index (κ2) is 9.76. The van der Waals surface area contributed by atoms with E-state index in [4.69, 9.17) is 21.1 Å². The van der Waals surface area contributed by atoms with E-state index in [0.29, 0.717) is 34.0 Å². The molecule has 0 bridgehead atoms. The molecule has 0 aliphatic carbocycles. The van der Waals surface area contributed by atoms with Crippen molar-refractivity contribution < 1.29 is 29.3 Å². The Bertz CT molecular complexity index is 1560. The normalized spacial score (nSPS) is 16.9. The maximum Gasteiger partial charge on any atom is 0.301 e. The standard InChI is InChI=1S/C27H21ClN2O6S/c1-3-36-20-12-15(6-11-19(20)31)23-22(24(32)14-4-8-17(35-2)9-5-14)25(33)26(34)30(23)27-29-18-10-7-16(28)13-21(18)37-27/h4-13,23,31-32H,3H2,1-2H3. The Balaban J connectivity index is 1.73. The van der Waals surface area contributed by atoms with Gasteiger partial charge in [0.1, 0.15) is 11.5 Å². The first-order chi connectivity index (χ1) is 17.8. The number of benzene rings is 3. The van der Waals surface area contributed by atoms with Crippen LogP contribution in [0.15, 0.2) is 66.2 Å². The number of carbonyl (C=O) groups is 2. The van der Waals surface area contributed by atoms with E-state index in [1.54, 1.807) is 61.5 Å². The number of thiazole rings is 1. The minimum Gasteiger partial charge on any atom is -0.507 e. The van der Waals surface area contributed by atoms with E-state index < -0.39 is 17.7 Å². The summed E-state index contributed by atoms with van der Waals surface area (Å²) in [4.78, 5) is 32.7. The Morgan fingerprint density at radius 3 is 2.57 bits per heavy atom. The highest BCUT2D eigenvalue weighted by Gasteiger charge is 2.48. The summed E-state index contributed by atoms with van der Waals surface area (Å²) in [5.41, 5.74) is 1.29. The number of carbonyl (C=O) groups excluding carboxylic acids is 2. The Labute approximate surface area is 221 Å². The van der Waals surface area contributed by atoms with Gasteiger partial charge in [-0.05, 0) is 67.1 Å². The average Bonchev–Trinajstić information content (AvgIpc) is 3.42. The van der Waals surface area contributed by atoms with E-state index in [2.05, 4.69) is 4.98 Å². The van der Waals surface area contributed by atoms with E-state index in [1.807, 2.05) is 0 Å². The summed E-state index contributed by atoms with van der Waals surface area (Å²) in [6.07, 6.45) is 0. The Hall–Kier alpha value is -4.08. The predicted molar refractivity (Wildman–Crippen MR) is 142 cm³/mol. The van der Waals surface area contributed by atoms with Crippen molar-refractivity contribution in [1.29, 1.82) is 0 Å². The molecule has 1 saturated heterocycles. The zero-order chi connectivity index (χ0) is 26.3. The number of phenolic OH excluding ortho intramolecular Hbond substituents is 1. The van der Waals surface area contributed by atoms with Gasteiger partial charge < -0.3 is 19.7 Å². The molecule has 0 spiro atoms. The van der Waals surface area contributed by atoms with Crippen LogP contribution in [0.3, 0.4) is 0 Å². The van der Waals surface area contributed by atoms with Crippen molar-refractivity contribution in [3.63, 3.8) is 0 Å². The highest BCUT2D eigenvalue weighted by Crippen LogP contribution is 2.46. The summed E-state index contributed by atoms with van der Waals surface area (Å²) in [5, 5.41) is 22.3. The minimum absolute atomic E-state index is 0.0904. The second-order valence-electron chi connectivity index (χ2n) is 8.17. The number of halogens is 1. The molecular formula is C27H21ClN2O6S. The van der Waals surface area contributed by atoms with Crippen LogP contribution in [0.5, 0.6) is 17.2 Å². The Kier molecular flexibility index (Phi) is 6.49. The number of fused-ring (bicyclic) bond motifs is 1. The van der Waals surface area contributed by atoms with Crippen LogP contribution < -0.4 is 14.4 Å². The number of methoxy groups -OCH3 is 1. The molecule has 4 aromatic rings. The lowest BCUT2D eigenvalue weighted by Gasteiger charge is -2.23. The van der Waals surface area contributed by atoms with Crippen LogP contribution in [-0.2, 0) is 9.59 Å². The maximum atomic E-state index is 13.4. The molecule has 1 aromatic heterocycles. The second-order valence-corrected chi connectivity index (χ2v) is 9.61. The molecule has 5 rings (SSSR count). The zero-order valence-electron chi connectivity index (χ0n) is 19.8. The highest BCUT2D eigenvalue weighted by molar-refractivity contribution is 7.22. The lowest BCUT2D eigenvalue weighted by molar-refractivity contribution is -0.132. The minimum atomic E-state index is -1.03. The summed E-state index contributed by atoms with van der Waals surface area (Å²) in [7, 11) is 1.52. The number of aromatic nitrogens is 1. The van der Waals surface area contributed by atoms with Gasteiger partial charge in [-0.1, -0.05) is 29.0 Å². The predicted octanol–water partition coefficient (Wildman–Crippen LogP) is 5.69. The van der Waals surface area contributed by atoms with E-state index in [0.717, 1.165) is 4.70 Å². The average molecular weight is 537 g/mol. The van der Waals surface area contributed by atoms with Gasteiger partial charge in [0.2, 0.25) is 0 Å². The van der Waals surface area contributed by atoms with Gasteiger partial charge in [0, 0.05) is 10.6 Å². The van der Waals surface area contributed by atoms with Crippen molar-refractivity contribution in [3.8, 4) is 17.2 Å². The molecule has 1 aliphatic heterocycles. The van der Waals surface area contributed by atoms with Gasteiger partial charge in [0.05, 0.1) is 35.5 Å². The van der Waals surface area contributed by atoms with Crippen LogP contribution in [0.25, 0.3) is 16.0 Å². The molecule has 3 aromatic carbocycles. The SMILES string of the molecule is CCOc1cc(C2C(=C(O)c3ccc(OC)cc3)C(=O)C(=O)N2c2nc3ccc(Cl)cc3s2)ccc1O. The Morgan fingerprint density at radius 2 is 1.86 bits per heavy atom. The van der Waals surface area contributed by atoms with E-state index in [1.165, 1.54) is 29.4 Å². The number of nitrogens with zero attached hydrogens (tertiary/aromatic N) is 2. The molecule has 0 saturated carbocycles. The summed E-state index contributed by atoms with van der Waals surface area (Å²) < 4.78 is 11.5. The van der Waals surface area contributed by atoms with Gasteiger partial charge in [-0.25, -0.2) is 4.98 Å². The number of aliphatic hydroxyl groups is 1. The van der Waals surface area contributed by atoms with E-state index in [-0.39, 0.29) is 28.0 Å². The van der Waals surface area contributed by atoms with Gasteiger partial charge >= 0.3 is 5.91 Å². The first-order valence-corrected chi connectivity index (χ1v) is 12.5. The summed E-state index contributed by atoms with van der Waals surface area (Å²) in [6, 6.07) is 15.2. The van der Waals surface area contributed by atoms with Crippen molar-refractivity contribution >= 4 is 55.7 Å². The van der Waals surface area contributed by atoms with Crippen LogP contribution in [0.1, 0.15) is 24.1 Å². The molecular weight excluding hydrogens is 516 g/mol. The van der Waals surface area contributed by atoms with Gasteiger partial charge in [-0.2, -0.15) is 0 Å². The monoisotopic (exact) mass is 536 g/mol. The third-order valence-corrected chi connectivity index (χ3v) is 7.21. The first kappa shape index (κ1) is 24.6. The van der Waals surface area contributed by atoms with Crippen LogP contribution in [0.4, 0.5) is 5.13 Å². The fourth-order valence-corrected chi connectivity index (χ4v) is 5.48. The molecule has 1 fully saturated rings. The largest absolute Gasteiger partial charge is 0.507 e. The highest BCUT2D eigenvalue weighted by atomic mass is 35.5. The number of anilines is 1. The quantitative estimate of drug-likeness (QED) is 0.185. The number of hydrogen-bond donors (Lipinski definition) is 2. The fourth-order valence-electron chi connectivity index (χ4n) is 4.21. The number of ketones is 1. The van der Waals surface area contributed by atoms with Gasteiger partial charge in [0.25, 0.3) is 5.78 Å². The molecule has 1 amide bonds. The molecule has 1 atom stereocenters. The number of hydrogen-bond acceptors (Lipinski definition) is 8. The molecule has 0 radical (unpaired) electrons. The molecule has 1 aliphatic rings. The lowest BCUT2D eigenvalue weighted by Crippen LogP contribution is -2.29. The number of amides is 1. The number of phenols is 1. The molecule has 2 N–H and O–H groups in total.